The van der Waals surface area contributed by atoms with Crippen molar-refractivity contribution in [1.29, 1.82) is 0 Å². The molecule has 4 heteroatoms. The molecule has 4 fully saturated rings. The largest absolute Gasteiger partial charge is 0.427 e. The first-order chi connectivity index (χ1) is 16.5. The fraction of sp³-hybridized carbons (Fsp3) is 0.677. The van der Waals surface area contributed by atoms with Crippen molar-refractivity contribution >= 4 is 11.8 Å². The van der Waals surface area contributed by atoms with Gasteiger partial charge >= 0.3 is 5.97 Å². The van der Waals surface area contributed by atoms with Crippen LogP contribution in [0.1, 0.15) is 91.0 Å². The Hall–Kier alpha value is -2.12. The van der Waals surface area contributed by atoms with Crippen molar-refractivity contribution < 1.29 is 19.4 Å². The molecular weight excluding hydrogens is 436 g/mol. The van der Waals surface area contributed by atoms with Crippen LogP contribution in [0.3, 0.4) is 0 Å². The molecule has 35 heavy (non-hydrogen) atoms. The van der Waals surface area contributed by atoms with Crippen LogP contribution in [0.4, 0.5) is 0 Å². The van der Waals surface area contributed by atoms with E-state index in [1.807, 2.05) is 12.1 Å². The first-order valence-corrected chi connectivity index (χ1v) is 13.6. The lowest BCUT2D eigenvalue weighted by atomic mass is 9.44. The van der Waals surface area contributed by atoms with E-state index >= 15 is 0 Å². The van der Waals surface area contributed by atoms with Crippen LogP contribution in [-0.2, 0) is 9.59 Å². The normalized spacial score (nSPS) is 42.0. The topological polar surface area (TPSA) is 63.6 Å². The van der Waals surface area contributed by atoms with E-state index in [4.69, 9.17) is 4.74 Å². The molecule has 0 saturated heterocycles. The third-order valence-electron chi connectivity index (χ3n) is 10.8. The number of carbonyl (C=O) groups is 2. The molecule has 0 spiro atoms. The lowest BCUT2D eigenvalue weighted by Crippen LogP contribution is -2.56. The van der Waals surface area contributed by atoms with E-state index in [-0.39, 0.29) is 22.7 Å². The standard InChI is InChI=1S/C31H40O4/c1-20(32)26-11-12-27-25-10-7-23-19-31(34,16-13-22-5-8-24(9-6-22)35-21(2)33)18-17-29(23,3)28(25)14-15-30(26,27)4/h5-6,8-9,23,25-28,34H,7,10-12,14-15,17-19H2,1-4H3/t23?,25-,26+,27-,28-,29-,30+,31?/m0/s1. The molecule has 0 amide bonds. The molecule has 5 rings (SSSR count). The Balaban J connectivity index is 1.30. The second-order valence-corrected chi connectivity index (χ2v) is 12.5. The summed E-state index contributed by atoms with van der Waals surface area (Å²) in [6, 6.07) is 7.15. The predicted molar refractivity (Wildman–Crippen MR) is 135 cm³/mol. The van der Waals surface area contributed by atoms with Gasteiger partial charge in [-0.15, -0.1) is 0 Å². The third kappa shape index (κ3) is 4.25. The van der Waals surface area contributed by atoms with E-state index in [0.29, 0.717) is 29.3 Å². The van der Waals surface area contributed by atoms with Crippen molar-refractivity contribution in [2.24, 2.45) is 40.4 Å². The van der Waals surface area contributed by atoms with E-state index in [2.05, 4.69) is 25.7 Å². The number of fused-ring (bicyclic) bond motifs is 5. The van der Waals surface area contributed by atoms with E-state index in [9.17, 15) is 14.7 Å². The molecule has 0 aliphatic heterocycles. The predicted octanol–water partition coefficient (Wildman–Crippen LogP) is 5.94. The first-order valence-electron chi connectivity index (χ1n) is 13.6. The number of esters is 1. The number of hydrogen-bond acceptors (Lipinski definition) is 4. The van der Waals surface area contributed by atoms with Crippen molar-refractivity contribution in [2.75, 3.05) is 0 Å². The summed E-state index contributed by atoms with van der Waals surface area (Å²) in [5, 5.41) is 11.5. The fourth-order valence-electron chi connectivity index (χ4n) is 8.99. The van der Waals surface area contributed by atoms with Crippen molar-refractivity contribution in [2.45, 2.75) is 91.1 Å². The van der Waals surface area contributed by atoms with Crippen LogP contribution in [0, 0.1) is 52.3 Å². The van der Waals surface area contributed by atoms with Gasteiger partial charge in [0.05, 0.1) is 0 Å². The van der Waals surface area contributed by atoms with Gasteiger partial charge in [0.2, 0.25) is 0 Å². The van der Waals surface area contributed by atoms with Gasteiger partial charge in [-0.25, -0.2) is 0 Å². The van der Waals surface area contributed by atoms with Gasteiger partial charge in [-0.2, -0.15) is 0 Å². The van der Waals surface area contributed by atoms with Gasteiger partial charge in [0.15, 0.2) is 0 Å². The highest BCUT2D eigenvalue weighted by atomic mass is 16.5. The van der Waals surface area contributed by atoms with Crippen LogP contribution in [-0.4, -0.2) is 22.5 Å². The summed E-state index contributed by atoms with van der Waals surface area (Å²) in [5.74, 6) is 9.84. The van der Waals surface area contributed by atoms with E-state index < -0.39 is 5.60 Å². The maximum atomic E-state index is 12.4. The highest BCUT2D eigenvalue weighted by Gasteiger charge is 2.61. The molecule has 4 aliphatic carbocycles. The molecule has 1 aromatic rings. The zero-order valence-corrected chi connectivity index (χ0v) is 21.7. The summed E-state index contributed by atoms with van der Waals surface area (Å²) in [7, 11) is 0. The maximum Gasteiger partial charge on any atom is 0.308 e. The van der Waals surface area contributed by atoms with Gasteiger partial charge in [-0.3, -0.25) is 9.59 Å². The smallest absolute Gasteiger partial charge is 0.308 e. The first kappa shape index (κ1) is 24.6. The summed E-state index contributed by atoms with van der Waals surface area (Å²) in [4.78, 5) is 23.5. The highest BCUT2D eigenvalue weighted by Crippen LogP contribution is 2.68. The molecule has 188 valence electrons. The summed E-state index contributed by atoms with van der Waals surface area (Å²) < 4.78 is 5.09. The number of carbonyl (C=O) groups excluding carboxylic acids is 2. The van der Waals surface area contributed by atoms with Gasteiger partial charge in [-0.1, -0.05) is 25.7 Å². The number of hydrogen-bond donors (Lipinski definition) is 1. The molecule has 4 saturated carbocycles. The Morgan fingerprint density at radius 2 is 1.63 bits per heavy atom. The van der Waals surface area contributed by atoms with Crippen molar-refractivity contribution in [3.63, 3.8) is 0 Å². The SMILES string of the molecule is CC(=O)Oc1ccc(C#CC2(O)CC[C@@]3(C)C(CC[C@H]4[C@@H]5CC[C@H](C(C)=O)[C@@]5(C)CC[C@@H]43)C2)cc1. The van der Waals surface area contributed by atoms with Gasteiger partial charge in [0, 0.05) is 18.4 Å². The Bertz CT molecular complexity index is 1060. The van der Waals surface area contributed by atoms with E-state index in [1.165, 1.54) is 32.6 Å². The van der Waals surface area contributed by atoms with Crippen LogP contribution in [0.5, 0.6) is 5.75 Å². The Kier molecular flexibility index (Phi) is 6.16. The number of ether oxygens (including phenoxy) is 1. The van der Waals surface area contributed by atoms with Crippen LogP contribution in [0.25, 0.3) is 0 Å². The van der Waals surface area contributed by atoms with E-state index in [1.54, 1.807) is 19.1 Å². The summed E-state index contributed by atoms with van der Waals surface area (Å²) in [6.45, 7) is 8.10. The lowest BCUT2D eigenvalue weighted by molar-refractivity contribution is -0.144. The zero-order valence-electron chi connectivity index (χ0n) is 21.7. The molecule has 0 aromatic heterocycles. The number of Topliss-reactive ketones (excluding diaryl/α,β-unsaturated/α-hetero) is 1. The van der Waals surface area contributed by atoms with Crippen LogP contribution < -0.4 is 4.74 Å². The average molecular weight is 477 g/mol. The Morgan fingerprint density at radius 3 is 2.31 bits per heavy atom. The van der Waals surface area contributed by atoms with Gasteiger partial charge < -0.3 is 9.84 Å². The average Bonchev–Trinajstić information content (AvgIpc) is 3.16. The number of ketones is 1. The van der Waals surface area contributed by atoms with E-state index in [0.717, 1.165) is 43.6 Å². The van der Waals surface area contributed by atoms with Crippen LogP contribution in [0.2, 0.25) is 0 Å². The highest BCUT2D eigenvalue weighted by molar-refractivity contribution is 5.79. The maximum absolute atomic E-state index is 12.4. The molecule has 0 radical (unpaired) electrons. The molecule has 0 bridgehead atoms. The number of benzene rings is 1. The third-order valence-corrected chi connectivity index (χ3v) is 10.8. The molecular formula is C31H40O4. The second-order valence-electron chi connectivity index (χ2n) is 12.5. The molecule has 1 N–H and O–H groups in total. The van der Waals surface area contributed by atoms with Gasteiger partial charge in [0.1, 0.15) is 17.1 Å². The minimum atomic E-state index is -0.943. The van der Waals surface area contributed by atoms with Gasteiger partial charge in [0.25, 0.3) is 0 Å². The van der Waals surface area contributed by atoms with Crippen molar-refractivity contribution in [1.82, 2.24) is 0 Å². The zero-order chi connectivity index (χ0) is 25.0. The Morgan fingerprint density at radius 1 is 0.914 bits per heavy atom. The molecule has 4 nitrogen and oxygen atoms in total. The number of aliphatic hydroxyl groups is 1. The molecule has 1 aromatic carbocycles. The van der Waals surface area contributed by atoms with Crippen LogP contribution in [0.15, 0.2) is 24.3 Å². The van der Waals surface area contributed by atoms with Gasteiger partial charge in [-0.05, 0) is 123 Å². The fourth-order valence-corrected chi connectivity index (χ4v) is 8.99. The van der Waals surface area contributed by atoms with Crippen molar-refractivity contribution in [3.8, 4) is 17.6 Å². The monoisotopic (exact) mass is 476 g/mol. The molecule has 0 heterocycles. The quantitative estimate of drug-likeness (QED) is 0.326. The Labute approximate surface area is 210 Å². The van der Waals surface area contributed by atoms with Crippen molar-refractivity contribution in [3.05, 3.63) is 29.8 Å². The number of rotatable bonds is 2. The lowest BCUT2D eigenvalue weighted by Gasteiger charge is -2.61. The molecule has 4 aliphatic rings. The van der Waals surface area contributed by atoms with Crippen LogP contribution >= 0.6 is 0 Å². The summed E-state index contributed by atoms with van der Waals surface area (Å²) >= 11 is 0. The minimum absolute atomic E-state index is 0.197. The second kappa shape index (κ2) is 8.77. The summed E-state index contributed by atoms with van der Waals surface area (Å²) in [6.07, 6.45) is 9.60. The summed E-state index contributed by atoms with van der Waals surface area (Å²) in [5.41, 5.74) is 0.335. The minimum Gasteiger partial charge on any atom is -0.427 e. The molecule has 8 atom stereocenters. The molecule has 2 unspecified atom stereocenters.